The first-order valence-corrected chi connectivity index (χ1v) is 16.5. The van der Waals surface area contributed by atoms with Gasteiger partial charge in [-0.1, -0.05) is 83.5 Å². The summed E-state index contributed by atoms with van der Waals surface area (Å²) in [4.78, 5) is 16.5. The van der Waals surface area contributed by atoms with Crippen molar-refractivity contribution in [2.45, 2.75) is 72.6 Å². The number of furan rings is 2. The van der Waals surface area contributed by atoms with Gasteiger partial charge in [0.15, 0.2) is 5.78 Å². The molecule has 0 unspecified atom stereocenters. The normalized spacial score (nSPS) is 13.5. The van der Waals surface area contributed by atoms with Crippen LogP contribution in [0.15, 0.2) is 93.6 Å². The maximum absolute atomic E-state index is 11.7. The minimum Gasteiger partial charge on any atom is -0.512 e. The summed E-state index contributed by atoms with van der Waals surface area (Å²) < 4.78 is 12.6. The SMILES string of the molecule is CC1(C)c2c(-c3nccc4c3oc3ccccc34)[c-]ccc2-c2oc3ccccc3c21.CCC(CC)C(=O)/C=C(\O)C(CC)CC.[Ir]. The number of pyridine rings is 1. The number of aliphatic hydroxyl groups is 1. The van der Waals surface area contributed by atoms with Gasteiger partial charge in [0.25, 0.3) is 0 Å². The van der Waals surface area contributed by atoms with Crippen LogP contribution in [0.2, 0.25) is 0 Å². The van der Waals surface area contributed by atoms with E-state index in [0.717, 1.165) is 75.8 Å². The van der Waals surface area contributed by atoms with Gasteiger partial charge in [0.05, 0.1) is 5.76 Å². The number of nitrogens with zero attached hydrogens (tertiary/aromatic N) is 1. The third-order valence-electron chi connectivity index (χ3n) is 9.70. The fourth-order valence-corrected chi connectivity index (χ4v) is 7.11. The molecule has 0 aliphatic heterocycles. The molecule has 1 N–H and O–H groups in total. The van der Waals surface area contributed by atoms with Gasteiger partial charge in [-0.05, 0) is 49.3 Å². The Balaban J connectivity index is 0.000000234. The number of hydrogen-bond donors (Lipinski definition) is 1. The average molecular weight is 805 g/mol. The second kappa shape index (κ2) is 14.0. The van der Waals surface area contributed by atoms with E-state index in [1.165, 1.54) is 22.6 Å². The number of hydrogen-bond acceptors (Lipinski definition) is 5. The van der Waals surface area contributed by atoms with E-state index in [-0.39, 0.29) is 48.9 Å². The molecular weight excluding hydrogens is 763 g/mol. The van der Waals surface area contributed by atoms with E-state index in [0.29, 0.717) is 0 Å². The zero-order chi connectivity index (χ0) is 32.6. The van der Waals surface area contributed by atoms with Gasteiger partial charge in [0.1, 0.15) is 22.5 Å². The van der Waals surface area contributed by atoms with Gasteiger partial charge < -0.3 is 18.9 Å². The van der Waals surface area contributed by atoms with Crippen LogP contribution in [-0.2, 0) is 30.3 Å². The third kappa shape index (κ3) is 5.98. The average Bonchev–Trinajstić information content (AvgIpc) is 3.71. The fourth-order valence-electron chi connectivity index (χ4n) is 7.11. The Labute approximate surface area is 290 Å². The van der Waals surface area contributed by atoms with Gasteiger partial charge in [0.2, 0.25) is 0 Å². The fraction of sp³-hybridized carbons (Fsp3) is 0.317. The summed E-state index contributed by atoms with van der Waals surface area (Å²) in [6, 6.07) is 26.0. The number of aromatic nitrogens is 1. The van der Waals surface area contributed by atoms with E-state index >= 15 is 0 Å². The minimum atomic E-state index is -0.250. The van der Waals surface area contributed by atoms with Crippen LogP contribution in [-0.4, -0.2) is 15.9 Å². The zero-order valence-electron chi connectivity index (χ0n) is 27.9. The van der Waals surface area contributed by atoms with Gasteiger partial charge in [-0.15, -0.1) is 29.3 Å². The summed E-state index contributed by atoms with van der Waals surface area (Å²) >= 11 is 0. The van der Waals surface area contributed by atoms with Crippen molar-refractivity contribution in [3.05, 3.63) is 102 Å². The number of allylic oxidation sites excluding steroid dienone is 2. The van der Waals surface area contributed by atoms with Gasteiger partial charge in [-0.25, -0.2) is 0 Å². The van der Waals surface area contributed by atoms with E-state index < -0.39 is 0 Å². The van der Waals surface area contributed by atoms with Crippen molar-refractivity contribution in [2.24, 2.45) is 11.8 Å². The topological polar surface area (TPSA) is 76.5 Å². The molecule has 7 rings (SSSR count). The zero-order valence-corrected chi connectivity index (χ0v) is 30.3. The summed E-state index contributed by atoms with van der Waals surface area (Å²) in [5.41, 5.74) is 7.69. The third-order valence-corrected chi connectivity index (χ3v) is 9.70. The molecule has 47 heavy (non-hydrogen) atoms. The smallest absolute Gasteiger partial charge is 0.162 e. The molecule has 0 atom stereocenters. The van der Waals surface area contributed by atoms with E-state index in [9.17, 15) is 9.90 Å². The molecular formula is C41H42IrNO4-. The van der Waals surface area contributed by atoms with Crippen molar-refractivity contribution in [2.75, 3.05) is 0 Å². The number of fused-ring (bicyclic) bond motifs is 8. The van der Waals surface area contributed by atoms with Crippen LogP contribution in [0.5, 0.6) is 0 Å². The molecule has 0 fully saturated rings. The van der Waals surface area contributed by atoms with Crippen molar-refractivity contribution in [3.63, 3.8) is 0 Å². The monoisotopic (exact) mass is 805 g/mol. The predicted molar refractivity (Wildman–Crippen MR) is 187 cm³/mol. The summed E-state index contributed by atoms with van der Waals surface area (Å²) in [6.07, 6.45) is 6.77. The standard InChI is InChI=1S/C28H18NO2.C13H24O2.Ir/c1-28(2)23-19(25-27-17(14-15-29-25)16-8-3-5-12-21(16)31-27)10-7-11-20(23)26-24(28)18-9-4-6-13-22(18)30-26;1-5-10(6-2)12(14)9-13(15)11(7-3)8-4;/h3-9,11-15H,1-2H3;9-11,14H,5-8H2,1-4H3;/q-1;;/b;12-9-;. The maximum atomic E-state index is 11.7. The molecule has 1 radical (unpaired) electrons. The molecule has 6 heteroatoms. The van der Waals surface area contributed by atoms with Crippen LogP contribution < -0.4 is 0 Å². The Bertz CT molecular complexity index is 2070. The largest absolute Gasteiger partial charge is 0.512 e. The summed E-state index contributed by atoms with van der Waals surface area (Å²) in [7, 11) is 0. The van der Waals surface area contributed by atoms with Gasteiger partial charge >= 0.3 is 0 Å². The summed E-state index contributed by atoms with van der Waals surface area (Å²) in [5.74, 6) is 1.50. The second-order valence-corrected chi connectivity index (χ2v) is 12.7. The molecule has 3 heterocycles. The molecule has 0 amide bonds. The molecule has 1 aliphatic rings. The van der Waals surface area contributed by atoms with Crippen LogP contribution >= 0.6 is 0 Å². The summed E-state index contributed by atoms with van der Waals surface area (Å²) in [5, 5.41) is 13.1. The molecule has 3 aromatic heterocycles. The van der Waals surface area contributed by atoms with Crippen molar-refractivity contribution < 1.29 is 38.8 Å². The number of carbonyl (C=O) groups excluding carboxylic acids is 1. The molecule has 6 aromatic rings. The molecule has 5 nitrogen and oxygen atoms in total. The van der Waals surface area contributed by atoms with Gasteiger partial charge in [0, 0.05) is 71.6 Å². The van der Waals surface area contributed by atoms with E-state index in [1.807, 2.05) is 76.4 Å². The van der Waals surface area contributed by atoms with Gasteiger partial charge in [-0.2, -0.15) is 0 Å². The molecule has 3 aromatic carbocycles. The predicted octanol–water partition coefficient (Wildman–Crippen LogP) is 11.4. The van der Waals surface area contributed by atoms with Crippen molar-refractivity contribution in [3.8, 4) is 22.6 Å². The van der Waals surface area contributed by atoms with Crippen molar-refractivity contribution in [1.82, 2.24) is 4.98 Å². The molecule has 0 saturated carbocycles. The number of para-hydroxylation sites is 2. The number of rotatable bonds is 8. The van der Waals surface area contributed by atoms with Crippen LogP contribution in [0.25, 0.3) is 55.5 Å². The Hall–Kier alpha value is -3.99. The Kier molecular flexibility index (Phi) is 10.2. The van der Waals surface area contributed by atoms with Crippen LogP contribution in [0, 0.1) is 17.9 Å². The Morgan fingerprint density at radius 3 is 2.11 bits per heavy atom. The molecule has 0 saturated heterocycles. The first-order chi connectivity index (χ1) is 22.2. The van der Waals surface area contributed by atoms with Crippen LogP contribution in [0.4, 0.5) is 0 Å². The molecule has 0 bridgehead atoms. The van der Waals surface area contributed by atoms with E-state index in [2.05, 4.69) is 44.2 Å². The quantitative estimate of drug-likeness (QED) is 0.0942. The number of carbonyl (C=O) groups is 1. The van der Waals surface area contributed by atoms with Crippen molar-refractivity contribution >= 4 is 38.7 Å². The molecule has 0 spiro atoms. The van der Waals surface area contributed by atoms with E-state index in [4.69, 9.17) is 13.8 Å². The number of benzene rings is 3. The van der Waals surface area contributed by atoms with E-state index in [1.54, 1.807) is 0 Å². The Morgan fingerprint density at radius 1 is 0.830 bits per heavy atom. The van der Waals surface area contributed by atoms with Crippen molar-refractivity contribution in [1.29, 1.82) is 0 Å². The van der Waals surface area contributed by atoms with Gasteiger partial charge in [-0.3, -0.25) is 4.79 Å². The first-order valence-electron chi connectivity index (χ1n) is 16.5. The van der Waals surface area contributed by atoms with Crippen LogP contribution in [0.3, 0.4) is 0 Å². The van der Waals surface area contributed by atoms with Crippen LogP contribution in [0.1, 0.15) is 78.4 Å². The molecule has 1 aliphatic carbocycles. The minimum absolute atomic E-state index is 0. The Morgan fingerprint density at radius 2 is 1.45 bits per heavy atom. The first kappa shape index (κ1) is 34.3. The molecule has 245 valence electrons. The number of ketones is 1. The second-order valence-electron chi connectivity index (χ2n) is 12.7. The summed E-state index contributed by atoms with van der Waals surface area (Å²) in [6.45, 7) is 12.6. The maximum Gasteiger partial charge on any atom is 0.162 e. The number of aliphatic hydroxyl groups excluding tert-OH is 1.